The minimum atomic E-state index is -0.869. The van der Waals surface area contributed by atoms with E-state index >= 15 is 0 Å². The number of unbranched alkanes of at least 4 members (excludes halogenated alkanes) is 2. The van der Waals surface area contributed by atoms with Crippen molar-refractivity contribution in [2.24, 2.45) is 0 Å². The van der Waals surface area contributed by atoms with E-state index < -0.39 is 5.97 Å². The molecule has 0 aliphatic heterocycles. The Labute approximate surface area is 128 Å². The predicted molar refractivity (Wildman–Crippen MR) is 89.8 cm³/mol. The van der Waals surface area contributed by atoms with Gasteiger partial charge in [-0.15, -0.1) is 0 Å². The molecule has 0 saturated carbocycles. The van der Waals surface area contributed by atoms with Gasteiger partial charge in [-0.2, -0.15) is 0 Å². The molecule has 0 bridgehead atoms. The number of hydrogen-bond acceptors (Lipinski definition) is 2. The Morgan fingerprint density at radius 3 is 2.05 bits per heavy atom. The Morgan fingerprint density at radius 2 is 1.62 bits per heavy atom. The number of carboxylic acid groups (broad SMARTS) is 1. The van der Waals surface area contributed by atoms with Crippen LogP contribution in [-0.2, 0) is 4.79 Å². The van der Waals surface area contributed by atoms with Gasteiger partial charge in [0, 0.05) is 24.4 Å². The Balaban J connectivity index is 2.81. The monoisotopic (exact) mass is 289 g/mol. The van der Waals surface area contributed by atoms with E-state index in [-0.39, 0.29) is 0 Å². The minimum absolute atomic E-state index is 0.358. The van der Waals surface area contributed by atoms with Crippen molar-refractivity contribution >= 4 is 17.7 Å². The Hall–Kier alpha value is -1.77. The number of aliphatic carboxylic acids is 1. The predicted octanol–water partition coefficient (Wildman–Crippen LogP) is 4.58. The first-order valence-electron chi connectivity index (χ1n) is 7.85. The maximum atomic E-state index is 10.8. The molecule has 21 heavy (non-hydrogen) atoms. The number of nitrogens with zero attached hydrogens (tertiary/aromatic N) is 1. The molecule has 1 N–H and O–H groups in total. The molecule has 3 heteroatoms. The van der Waals surface area contributed by atoms with Gasteiger partial charge in [0.25, 0.3) is 0 Å². The first-order chi connectivity index (χ1) is 10.1. The third kappa shape index (κ3) is 6.03. The fourth-order valence-corrected chi connectivity index (χ4v) is 2.16. The molecule has 0 saturated heterocycles. The highest BCUT2D eigenvalue weighted by molar-refractivity contribution is 5.91. The van der Waals surface area contributed by atoms with Crippen molar-refractivity contribution in [2.45, 2.75) is 46.5 Å². The average molecular weight is 289 g/mol. The number of carbonyl (C=O) groups is 1. The molecule has 0 aromatic heterocycles. The van der Waals surface area contributed by atoms with Crippen LogP contribution in [0.3, 0.4) is 0 Å². The van der Waals surface area contributed by atoms with Crippen LogP contribution in [-0.4, -0.2) is 24.2 Å². The highest BCUT2D eigenvalue weighted by Gasteiger charge is 2.06. The van der Waals surface area contributed by atoms with Gasteiger partial charge in [0.2, 0.25) is 0 Å². The van der Waals surface area contributed by atoms with Crippen molar-refractivity contribution in [1.29, 1.82) is 0 Å². The summed E-state index contributed by atoms with van der Waals surface area (Å²) in [7, 11) is 0. The molecule has 3 nitrogen and oxygen atoms in total. The number of benzene rings is 1. The van der Waals surface area contributed by atoms with E-state index in [1.165, 1.54) is 31.4 Å². The summed E-state index contributed by atoms with van der Waals surface area (Å²) >= 11 is 0. The normalized spacial score (nSPS) is 11.5. The molecule has 0 aliphatic rings. The molecular weight excluding hydrogens is 262 g/mol. The number of carboxylic acids is 1. The molecule has 0 atom stereocenters. The highest BCUT2D eigenvalue weighted by atomic mass is 16.4. The number of hydrogen-bond donors (Lipinski definition) is 1. The molecular formula is C18H27NO2. The van der Waals surface area contributed by atoms with Gasteiger partial charge in [0.05, 0.1) is 0 Å². The standard InChI is InChI=1S/C18H27NO2/c1-4-6-12-19(13-7-5-2)17-10-8-16(9-11-17)14-15(3)18(20)21/h8-11,14H,4-7,12-13H2,1-3H3,(H,20,21)/b15-14-. The minimum Gasteiger partial charge on any atom is -0.478 e. The van der Waals surface area contributed by atoms with Crippen LogP contribution >= 0.6 is 0 Å². The van der Waals surface area contributed by atoms with Crippen LogP contribution in [0.25, 0.3) is 6.08 Å². The van der Waals surface area contributed by atoms with Crippen LogP contribution in [0.15, 0.2) is 29.8 Å². The lowest BCUT2D eigenvalue weighted by molar-refractivity contribution is -0.132. The van der Waals surface area contributed by atoms with Crippen molar-refractivity contribution in [1.82, 2.24) is 0 Å². The maximum absolute atomic E-state index is 10.8. The van der Waals surface area contributed by atoms with E-state index in [1.807, 2.05) is 12.1 Å². The number of rotatable bonds is 9. The van der Waals surface area contributed by atoms with E-state index in [0.29, 0.717) is 5.57 Å². The first kappa shape index (κ1) is 17.3. The lowest BCUT2D eigenvalue weighted by Gasteiger charge is -2.24. The van der Waals surface area contributed by atoms with Crippen LogP contribution in [0.2, 0.25) is 0 Å². The lowest BCUT2D eigenvalue weighted by Crippen LogP contribution is -2.25. The quantitative estimate of drug-likeness (QED) is 0.676. The summed E-state index contributed by atoms with van der Waals surface area (Å²) in [4.78, 5) is 13.3. The molecule has 0 fully saturated rings. The fourth-order valence-electron chi connectivity index (χ4n) is 2.16. The smallest absolute Gasteiger partial charge is 0.331 e. The molecule has 0 heterocycles. The average Bonchev–Trinajstić information content (AvgIpc) is 2.48. The van der Waals surface area contributed by atoms with Gasteiger partial charge in [-0.3, -0.25) is 0 Å². The topological polar surface area (TPSA) is 40.5 Å². The fraction of sp³-hybridized carbons (Fsp3) is 0.500. The van der Waals surface area contributed by atoms with E-state index in [1.54, 1.807) is 13.0 Å². The summed E-state index contributed by atoms with van der Waals surface area (Å²) in [5, 5.41) is 8.90. The van der Waals surface area contributed by atoms with Crippen molar-refractivity contribution in [3.63, 3.8) is 0 Å². The molecule has 1 rings (SSSR count). The van der Waals surface area contributed by atoms with Crippen LogP contribution < -0.4 is 4.90 Å². The Kier molecular flexibility index (Phi) is 7.59. The van der Waals surface area contributed by atoms with E-state index in [0.717, 1.165) is 18.7 Å². The zero-order valence-electron chi connectivity index (χ0n) is 13.4. The molecule has 0 aliphatic carbocycles. The molecule has 1 aromatic carbocycles. The van der Waals surface area contributed by atoms with Gasteiger partial charge in [-0.25, -0.2) is 4.79 Å². The van der Waals surface area contributed by atoms with E-state index in [2.05, 4.69) is 30.9 Å². The van der Waals surface area contributed by atoms with Crippen molar-refractivity contribution in [3.05, 3.63) is 35.4 Å². The second-order valence-corrected chi connectivity index (χ2v) is 5.42. The van der Waals surface area contributed by atoms with Crippen LogP contribution in [0.1, 0.15) is 52.0 Å². The molecule has 0 unspecified atom stereocenters. The summed E-state index contributed by atoms with van der Waals surface area (Å²) in [5.41, 5.74) is 2.52. The molecule has 0 spiro atoms. The summed E-state index contributed by atoms with van der Waals surface area (Å²) in [6, 6.07) is 8.16. The van der Waals surface area contributed by atoms with Crippen LogP contribution in [0.4, 0.5) is 5.69 Å². The zero-order chi connectivity index (χ0) is 15.7. The second-order valence-electron chi connectivity index (χ2n) is 5.42. The third-order valence-corrected chi connectivity index (χ3v) is 3.54. The van der Waals surface area contributed by atoms with E-state index in [4.69, 9.17) is 5.11 Å². The summed E-state index contributed by atoms with van der Waals surface area (Å²) in [5.74, 6) is -0.869. The van der Waals surface area contributed by atoms with Crippen LogP contribution in [0.5, 0.6) is 0 Å². The van der Waals surface area contributed by atoms with Gasteiger partial charge in [-0.1, -0.05) is 38.8 Å². The Morgan fingerprint density at radius 1 is 1.10 bits per heavy atom. The maximum Gasteiger partial charge on any atom is 0.331 e. The molecule has 1 aromatic rings. The van der Waals surface area contributed by atoms with Gasteiger partial charge >= 0.3 is 5.97 Å². The van der Waals surface area contributed by atoms with Crippen molar-refractivity contribution in [3.8, 4) is 0 Å². The number of anilines is 1. The zero-order valence-corrected chi connectivity index (χ0v) is 13.4. The van der Waals surface area contributed by atoms with Crippen LogP contribution in [0, 0.1) is 0 Å². The SMILES string of the molecule is CCCCN(CCCC)c1ccc(/C=C(/C)C(=O)O)cc1. The molecule has 0 amide bonds. The first-order valence-corrected chi connectivity index (χ1v) is 7.85. The van der Waals surface area contributed by atoms with E-state index in [9.17, 15) is 4.79 Å². The van der Waals surface area contributed by atoms with Gasteiger partial charge in [0.1, 0.15) is 0 Å². The van der Waals surface area contributed by atoms with Gasteiger partial charge in [0.15, 0.2) is 0 Å². The van der Waals surface area contributed by atoms with Crippen molar-refractivity contribution in [2.75, 3.05) is 18.0 Å². The Bertz CT molecular complexity index is 455. The lowest BCUT2D eigenvalue weighted by atomic mass is 10.1. The van der Waals surface area contributed by atoms with Crippen molar-refractivity contribution < 1.29 is 9.90 Å². The highest BCUT2D eigenvalue weighted by Crippen LogP contribution is 2.18. The summed E-state index contributed by atoms with van der Waals surface area (Å²) in [6.07, 6.45) is 6.49. The molecule has 116 valence electrons. The third-order valence-electron chi connectivity index (χ3n) is 3.54. The largest absolute Gasteiger partial charge is 0.478 e. The second kappa shape index (κ2) is 9.22. The molecule has 0 radical (unpaired) electrons. The van der Waals surface area contributed by atoms with Gasteiger partial charge in [-0.05, 0) is 43.5 Å². The van der Waals surface area contributed by atoms with Gasteiger partial charge < -0.3 is 10.0 Å². The summed E-state index contributed by atoms with van der Waals surface area (Å²) in [6.45, 7) is 8.20. The summed E-state index contributed by atoms with van der Waals surface area (Å²) < 4.78 is 0.